The van der Waals surface area contributed by atoms with Gasteiger partial charge in [-0.15, -0.1) is 0 Å². The summed E-state index contributed by atoms with van der Waals surface area (Å²) in [6.07, 6.45) is 9.05. The van der Waals surface area contributed by atoms with Crippen LogP contribution >= 0.6 is 0 Å². The van der Waals surface area contributed by atoms with E-state index in [0.29, 0.717) is 11.8 Å². The Morgan fingerprint density at radius 3 is 2.83 bits per heavy atom. The third kappa shape index (κ3) is 2.77. The second kappa shape index (κ2) is 6.07. The Bertz CT molecular complexity index is 391. The summed E-state index contributed by atoms with van der Waals surface area (Å²) in [5.74, 6) is 1.64. The molecule has 1 fully saturated rings. The van der Waals surface area contributed by atoms with Crippen molar-refractivity contribution in [2.24, 2.45) is 17.8 Å². The monoisotopic (exact) mass is 246 g/mol. The lowest BCUT2D eigenvalue weighted by molar-refractivity contribution is 0.0762. The SMILES string of the molecule is CCC(C)C1CCCCC1C(=O)c1ccnnc1. The van der Waals surface area contributed by atoms with Gasteiger partial charge in [-0.2, -0.15) is 10.2 Å². The minimum atomic E-state index is 0.192. The Morgan fingerprint density at radius 2 is 2.17 bits per heavy atom. The van der Waals surface area contributed by atoms with Crippen LogP contribution in [0.3, 0.4) is 0 Å². The molecule has 3 unspecified atom stereocenters. The number of nitrogens with zero attached hydrogens (tertiary/aromatic N) is 2. The fourth-order valence-electron chi connectivity index (χ4n) is 3.12. The molecule has 0 aromatic carbocycles. The van der Waals surface area contributed by atoms with Crippen molar-refractivity contribution in [2.45, 2.75) is 46.0 Å². The van der Waals surface area contributed by atoms with Crippen LogP contribution in [0.4, 0.5) is 0 Å². The number of aromatic nitrogens is 2. The predicted molar refractivity (Wildman–Crippen MR) is 71.3 cm³/mol. The fraction of sp³-hybridized carbons (Fsp3) is 0.667. The van der Waals surface area contributed by atoms with Crippen molar-refractivity contribution in [3.8, 4) is 0 Å². The van der Waals surface area contributed by atoms with Gasteiger partial charge in [-0.05, 0) is 30.7 Å². The molecule has 3 nitrogen and oxygen atoms in total. The van der Waals surface area contributed by atoms with E-state index >= 15 is 0 Å². The van der Waals surface area contributed by atoms with Gasteiger partial charge in [-0.3, -0.25) is 4.79 Å². The van der Waals surface area contributed by atoms with Crippen molar-refractivity contribution in [1.82, 2.24) is 10.2 Å². The molecule has 18 heavy (non-hydrogen) atoms. The number of ketones is 1. The lowest BCUT2D eigenvalue weighted by atomic mass is 9.69. The summed E-state index contributed by atoms with van der Waals surface area (Å²) >= 11 is 0. The summed E-state index contributed by atoms with van der Waals surface area (Å²) in [7, 11) is 0. The maximum atomic E-state index is 12.6. The number of rotatable bonds is 4. The number of hydrogen-bond donors (Lipinski definition) is 0. The van der Waals surface area contributed by atoms with Gasteiger partial charge in [-0.25, -0.2) is 0 Å². The van der Waals surface area contributed by atoms with Gasteiger partial charge >= 0.3 is 0 Å². The first-order valence-corrected chi connectivity index (χ1v) is 7.05. The summed E-state index contributed by atoms with van der Waals surface area (Å²) < 4.78 is 0. The van der Waals surface area contributed by atoms with E-state index < -0.39 is 0 Å². The molecule has 0 spiro atoms. The lowest BCUT2D eigenvalue weighted by Gasteiger charge is -2.34. The van der Waals surface area contributed by atoms with Gasteiger partial charge in [0.2, 0.25) is 0 Å². The first kappa shape index (κ1) is 13.2. The molecule has 0 saturated heterocycles. The third-order valence-electron chi connectivity index (χ3n) is 4.40. The lowest BCUT2D eigenvalue weighted by Crippen LogP contribution is -2.31. The molecule has 2 rings (SSSR count). The second-order valence-electron chi connectivity index (χ2n) is 5.44. The predicted octanol–water partition coefficient (Wildman–Crippen LogP) is 3.51. The molecule has 0 N–H and O–H groups in total. The van der Waals surface area contributed by atoms with Crippen molar-refractivity contribution < 1.29 is 4.79 Å². The van der Waals surface area contributed by atoms with Crippen molar-refractivity contribution in [1.29, 1.82) is 0 Å². The topological polar surface area (TPSA) is 42.9 Å². The van der Waals surface area contributed by atoms with Crippen molar-refractivity contribution in [2.75, 3.05) is 0 Å². The molecule has 3 atom stereocenters. The summed E-state index contributed by atoms with van der Waals surface area (Å²) in [5.41, 5.74) is 0.727. The summed E-state index contributed by atoms with van der Waals surface area (Å²) in [5, 5.41) is 7.56. The van der Waals surface area contributed by atoms with E-state index in [-0.39, 0.29) is 11.7 Å². The van der Waals surface area contributed by atoms with Crippen molar-refractivity contribution in [3.05, 3.63) is 24.0 Å². The van der Waals surface area contributed by atoms with Gasteiger partial charge in [0, 0.05) is 11.5 Å². The van der Waals surface area contributed by atoms with Crippen LogP contribution in [0.25, 0.3) is 0 Å². The summed E-state index contributed by atoms with van der Waals surface area (Å²) in [4.78, 5) is 12.6. The molecule has 0 bridgehead atoms. The van der Waals surface area contributed by atoms with Gasteiger partial charge < -0.3 is 0 Å². The van der Waals surface area contributed by atoms with Gasteiger partial charge in [0.15, 0.2) is 5.78 Å². The van der Waals surface area contributed by atoms with Crippen LogP contribution in [0.15, 0.2) is 18.5 Å². The van der Waals surface area contributed by atoms with Gasteiger partial charge in [-0.1, -0.05) is 33.1 Å². The van der Waals surface area contributed by atoms with E-state index in [4.69, 9.17) is 0 Å². The molecule has 98 valence electrons. The standard InChI is InChI=1S/C15H22N2O/c1-3-11(2)13-6-4-5-7-14(13)15(18)12-8-9-16-17-10-12/h8-11,13-14H,3-7H2,1-2H3. The molecule has 0 radical (unpaired) electrons. The maximum Gasteiger partial charge on any atom is 0.167 e. The first-order valence-electron chi connectivity index (χ1n) is 7.05. The zero-order valence-corrected chi connectivity index (χ0v) is 11.3. The highest BCUT2D eigenvalue weighted by Crippen LogP contribution is 2.38. The highest BCUT2D eigenvalue weighted by molar-refractivity contribution is 5.97. The minimum absolute atomic E-state index is 0.192. The number of hydrogen-bond acceptors (Lipinski definition) is 3. The highest BCUT2D eigenvalue weighted by Gasteiger charge is 2.34. The zero-order valence-electron chi connectivity index (χ0n) is 11.3. The Labute approximate surface area is 109 Å². The summed E-state index contributed by atoms with van der Waals surface area (Å²) in [6.45, 7) is 4.50. The van der Waals surface area contributed by atoms with Crippen LogP contribution < -0.4 is 0 Å². The van der Waals surface area contributed by atoms with Gasteiger partial charge in [0.05, 0.1) is 12.4 Å². The molecular weight excluding hydrogens is 224 g/mol. The average Bonchev–Trinajstić information content (AvgIpc) is 2.46. The molecular formula is C15H22N2O. The first-order chi connectivity index (χ1) is 8.74. The van der Waals surface area contributed by atoms with Gasteiger partial charge in [0.25, 0.3) is 0 Å². The van der Waals surface area contributed by atoms with E-state index in [0.717, 1.165) is 18.4 Å². The van der Waals surface area contributed by atoms with Crippen LogP contribution in [0.1, 0.15) is 56.3 Å². The number of carbonyl (C=O) groups is 1. The van der Waals surface area contributed by atoms with Crippen LogP contribution in [0, 0.1) is 17.8 Å². The quantitative estimate of drug-likeness (QED) is 0.763. The molecule has 1 heterocycles. The minimum Gasteiger partial charge on any atom is -0.294 e. The highest BCUT2D eigenvalue weighted by atomic mass is 16.1. The molecule has 1 aliphatic rings. The maximum absolute atomic E-state index is 12.6. The molecule has 1 aromatic rings. The largest absolute Gasteiger partial charge is 0.294 e. The molecule has 1 aromatic heterocycles. The van der Waals surface area contributed by atoms with E-state index in [1.807, 2.05) is 0 Å². The normalized spacial score (nSPS) is 25.7. The Balaban J connectivity index is 2.16. The van der Waals surface area contributed by atoms with Crippen LogP contribution in [-0.2, 0) is 0 Å². The Kier molecular flexibility index (Phi) is 4.45. The Hall–Kier alpha value is -1.25. The van der Waals surface area contributed by atoms with Crippen LogP contribution in [0.2, 0.25) is 0 Å². The number of carbonyl (C=O) groups excluding carboxylic acids is 1. The third-order valence-corrected chi connectivity index (χ3v) is 4.40. The average molecular weight is 246 g/mol. The smallest absolute Gasteiger partial charge is 0.167 e. The van der Waals surface area contributed by atoms with Crippen molar-refractivity contribution in [3.63, 3.8) is 0 Å². The molecule has 3 heteroatoms. The second-order valence-corrected chi connectivity index (χ2v) is 5.44. The van der Waals surface area contributed by atoms with Crippen molar-refractivity contribution >= 4 is 5.78 Å². The molecule has 1 saturated carbocycles. The van der Waals surface area contributed by atoms with Crippen LogP contribution in [-0.4, -0.2) is 16.0 Å². The number of Topliss-reactive ketones (excluding diaryl/α,β-unsaturated/α-hetero) is 1. The Morgan fingerprint density at radius 1 is 1.39 bits per heavy atom. The zero-order chi connectivity index (χ0) is 13.0. The van der Waals surface area contributed by atoms with E-state index in [1.54, 1.807) is 18.5 Å². The van der Waals surface area contributed by atoms with E-state index in [9.17, 15) is 4.79 Å². The van der Waals surface area contributed by atoms with Crippen LogP contribution in [0.5, 0.6) is 0 Å². The van der Waals surface area contributed by atoms with E-state index in [1.165, 1.54) is 19.3 Å². The van der Waals surface area contributed by atoms with E-state index in [2.05, 4.69) is 24.0 Å². The molecule has 1 aliphatic carbocycles. The van der Waals surface area contributed by atoms with Gasteiger partial charge in [0.1, 0.15) is 0 Å². The molecule has 0 aliphatic heterocycles. The molecule has 0 amide bonds. The summed E-state index contributed by atoms with van der Waals surface area (Å²) in [6, 6.07) is 1.79. The fourth-order valence-corrected chi connectivity index (χ4v) is 3.12.